The third-order valence-corrected chi connectivity index (χ3v) is 4.92. The lowest BCUT2D eigenvalue weighted by atomic mass is 9.99. The molecule has 0 fully saturated rings. The zero-order valence-corrected chi connectivity index (χ0v) is 17.5. The summed E-state index contributed by atoms with van der Waals surface area (Å²) in [6.45, 7) is 3.99. The molecule has 0 radical (unpaired) electrons. The molecule has 9 nitrogen and oxygen atoms in total. The van der Waals surface area contributed by atoms with Gasteiger partial charge in [-0.15, -0.1) is 0 Å². The maximum Gasteiger partial charge on any atom is 0.490 e. The van der Waals surface area contributed by atoms with Crippen LogP contribution in [0.15, 0.2) is 30.6 Å². The Bertz CT molecular complexity index is 1100. The van der Waals surface area contributed by atoms with Crippen LogP contribution in [-0.4, -0.2) is 67.2 Å². The number of likely N-dealkylation sites (N-methyl/N-ethyl adjacent to an activating group) is 1. The van der Waals surface area contributed by atoms with Crippen LogP contribution in [0.4, 0.5) is 24.8 Å². The van der Waals surface area contributed by atoms with E-state index in [1.54, 1.807) is 17.1 Å². The van der Waals surface area contributed by atoms with Crippen LogP contribution in [0.3, 0.4) is 0 Å². The van der Waals surface area contributed by atoms with E-state index in [9.17, 15) is 18.3 Å². The van der Waals surface area contributed by atoms with Gasteiger partial charge in [0.05, 0.1) is 24.2 Å². The summed E-state index contributed by atoms with van der Waals surface area (Å²) in [5.41, 5.74) is 4.46. The van der Waals surface area contributed by atoms with Crippen molar-refractivity contribution in [2.75, 3.05) is 25.5 Å². The van der Waals surface area contributed by atoms with Crippen molar-refractivity contribution in [2.24, 2.45) is 0 Å². The third kappa shape index (κ3) is 5.51. The van der Waals surface area contributed by atoms with Crippen LogP contribution < -0.4 is 5.32 Å². The Morgan fingerprint density at radius 2 is 2.00 bits per heavy atom. The molecule has 0 saturated heterocycles. The van der Waals surface area contributed by atoms with Gasteiger partial charge in [-0.3, -0.25) is 0 Å². The van der Waals surface area contributed by atoms with Gasteiger partial charge in [-0.25, -0.2) is 14.5 Å². The number of carbonyl (C=O) groups is 1. The fourth-order valence-electron chi connectivity index (χ4n) is 3.20. The second-order valence-corrected chi connectivity index (χ2v) is 7.49. The first-order valence-corrected chi connectivity index (χ1v) is 9.77. The monoisotopic (exact) mass is 452 g/mol. The molecule has 0 bridgehead atoms. The Morgan fingerprint density at radius 1 is 1.28 bits per heavy atom. The van der Waals surface area contributed by atoms with E-state index in [2.05, 4.69) is 50.5 Å². The number of aromatic nitrogens is 4. The first-order chi connectivity index (χ1) is 15.1. The summed E-state index contributed by atoms with van der Waals surface area (Å²) >= 11 is 0. The molecule has 0 saturated carbocycles. The van der Waals surface area contributed by atoms with Gasteiger partial charge in [-0.2, -0.15) is 23.3 Å². The Kier molecular flexibility index (Phi) is 6.94. The van der Waals surface area contributed by atoms with E-state index in [4.69, 9.17) is 9.90 Å². The molecule has 1 atom stereocenters. The SMILES string of the molecule is CC(CO)n1ncc2cnc(Nc3ccc4c(c3)CN(C)CC4)nc21.O=C(O)C(F)(F)F. The van der Waals surface area contributed by atoms with Gasteiger partial charge in [-0.1, -0.05) is 6.07 Å². The number of halogens is 3. The maximum atomic E-state index is 10.6. The van der Waals surface area contributed by atoms with Crippen molar-refractivity contribution in [2.45, 2.75) is 32.1 Å². The Balaban J connectivity index is 0.000000360. The number of hydrogen-bond acceptors (Lipinski definition) is 7. The highest BCUT2D eigenvalue weighted by Crippen LogP contribution is 2.24. The zero-order chi connectivity index (χ0) is 23.5. The summed E-state index contributed by atoms with van der Waals surface area (Å²) in [5, 5.41) is 25.0. The van der Waals surface area contributed by atoms with Crippen LogP contribution >= 0.6 is 0 Å². The number of nitrogens with one attached hydrogen (secondary N) is 1. The highest BCUT2D eigenvalue weighted by atomic mass is 19.4. The van der Waals surface area contributed by atoms with Crippen molar-refractivity contribution in [3.8, 4) is 0 Å². The number of nitrogens with zero attached hydrogens (tertiary/aromatic N) is 5. The second-order valence-electron chi connectivity index (χ2n) is 7.49. The van der Waals surface area contributed by atoms with Crippen LogP contribution in [0.25, 0.3) is 11.0 Å². The minimum Gasteiger partial charge on any atom is -0.475 e. The van der Waals surface area contributed by atoms with E-state index in [1.165, 1.54) is 11.1 Å². The molecule has 32 heavy (non-hydrogen) atoms. The molecular formula is C20H23F3N6O3. The largest absolute Gasteiger partial charge is 0.490 e. The maximum absolute atomic E-state index is 10.6. The van der Waals surface area contributed by atoms with Crippen LogP contribution in [0.5, 0.6) is 0 Å². The quantitative estimate of drug-likeness (QED) is 0.553. The normalized spacial score (nSPS) is 14.9. The summed E-state index contributed by atoms with van der Waals surface area (Å²) in [6, 6.07) is 6.30. The molecule has 1 aliphatic heterocycles. The molecule has 3 heterocycles. The first kappa shape index (κ1) is 23.4. The Morgan fingerprint density at radius 3 is 2.66 bits per heavy atom. The minimum absolute atomic E-state index is 0.0158. The van der Waals surface area contributed by atoms with Gasteiger partial charge < -0.3 is 20.4 Å². The molecule has 0 spiro atoms. The number of aliphatic carboxylic acids is 1. The van der Waals surface area contributed by atoms with Crippen molar-refractivity contribution >= 4 is 28.6 Å². The van der Waals surface area contributed by atoms with Crippen LogP contribution in [0.2, 0.25) is 0 Å². The zero-order valence-electron chi connectivity index (χ0n) is 17.5. The average Bonchev–Trinajstić information content (AvgIpc) is 3.16. The first-order valence-electron chi connectivity index (χ1n) is 9.77. The van der Waals surface area contributed by atoms with Gasteiger partial charge in [-0.05, 0) is 43.7 Å². The van der Waals surface area contributed by atoms with Crippen LogP contribution in [-0.2, 0) is 17.8 Å². The van der Waals surface area contributed by atoms with E-state index in [0.717, 1.165) is 36.2 Å². The molecule has 0 aliphatic carbocycles. The third-order valence-electron chi connectivity index (χ3n) is 4.92. The smallest absolute Gasteiger partial charge is 0.475 e. The van der Waals surface area contributed by atoms with Crippen molar-refractivity contribution in [1.82, 2.24) is 24.6 Å². The van der Waals surface area contributed by atoms with Gasteiger partial charge in [0.2, 0.25) is 5.95 Å². The number of hydrogen-bond donors (Lipinski definition) is 3. The lowest BCUT2D eigenvalue weighted by Gasteiger charge is -2.25. The number of alkyl halides is 3. The lowest BCUT2D eigenvalue weighted by Crippen LogP contribution is -2.26. The lowest BCUT2D eigenvalue weighted by molar-refractivity contribution is -0.192. The van der Waals surface area contributed by atoms with E-state index in [0.29, 0.717) is 5.95 Å². The van der Waals surface area contributed by atoms with Crippen LogP contribution in [0.1, 0.15) is 24.1 Å². The molecule has 3 aromatic rings. The van der Waals surface area contributed by atoms with E-state index in [1.807, 2.05) is 6.92 Å². The summed E-state index contributed by atoms with van der Waals surface area (Å²) in [5.74, 6) is -2.23. The van der Waals surface area contributed by atoms with Crippen molar-refractivity contribution in [3.63, 3.8) is 0 Å². The number of aliphatic hydroxyl groups excluding tert-OH is 1. The Labute approximate surface area is 181 Å². The van der Waals surface area contributed by atoms with Gasteiger partial charge in [0.15, 0.2) is 5.65 Å². The van der Waals surface area contributed by atoms with Crippen LogP contribution in [0, 0.1) is 0 Å². The summed E-state index contributed by atoms with van der Waals surface area (Å²) in [6.07, 6.45) is -0.517. The number of fused-ring (bicyclic) bond motifs is 2. The predicted octanol–water partition coefficient (Wildman–Crippen LogP) is 2.74. The number of carboxylic acids is 1. The minimum atomic E-state index is -5.08. The number of carboxylic acid groups (broad SMARTS) is 1. The molecule has 2 aromatic heterocycles. The molecule has 4 rings (SSSR count). The highest BCUT2D eigenvalue weighted by molar-refractivity contribution is 5.75. The molecular weight excluding hydrogens is 429 g/mol. The fourth-order valence-corrected chi connectivity index (χ4v) is 3.20. The number of rotatable bonds is 4. The number of aliphatic hydroxyl groups is 1. The van der Waals surface area contributed by atoms with Crippen molar-refractivity contribution < 1.29 is 28.2 Å². The molecule has 12 heteroatoms. The second kappa shape index (κ2) is 9.49. The Hall–Kier alpha value is -3.25. The van der Waals surface area contributed by atoms with Gasteiger partial charge in [0, 0.05) is 25.0 Å². The molecule has 0 amide bonds. The fraction of sp³-hybridized carbons (Fsp3) is 0.400. The molecule has 172 valence electrons. The highest BCUT2D eigenvalue weighted by Gasteiger charge is 2.38. The molecule has 1 unspecified atom stereocenters. The van der Waals surface area contributed by atoms with E-state index < -0.39 is 12.1 Å². The number of anilines is 2. The van der Waals surface area contributed by atoms with E-state index in [-0.39, 0.29) is 12.6 Å². The molecule has 1 aliphatic rings. The summed E-state index contributed by atoms with van der Waals surface area (Å²) < 4.78 is 33.5. The van der Waals surface area contributed by atoms with E-state index >= 15 is 0 Å². The number of benzene rings is 1. The van der Waals surface area contributed by atoms with Gasteiger partial charge in [0.1, 0.15) is 0 Å². The summed E-state index contributed by atoms with van der Waals surface area (Å²) in [4.78, 5) is 20.2. The molecule has 1 aromatic carbocycles. The average molecular weight is 452 g/mol. The van der Waals surface area contributed by atoms with Gasteiger partial charge >= 0.3 is 12.1 Å². The topological polar surface area (TPSA) is 116 Å². The standard InChI is InChI=1S/C18H22N6O.C2HF3O2/c1-12(11-25)24-17-15(9-20-24)8-19-18(22-17)21-16-4-3-13-5-6-23(2)10-14(13)7-16;3-2(4,5)1(6)7/h3-4,7-9,12,25H,5-6,10-11H2,1-2H3,(H,19,21,22);(H,6,7). The van der Waals surface area contributed by atoms with Crippen molar-refractivity contribution in [3.05, 3.63) is 41.7 Å². The molecule has 3 N–H and O–H groups in total. The predicted molar refractivity (Wildman–Crippen MR) is 111 cm³/mol. The van der Waals surface area contributed by atoms with Gasteiger partial charge in [0.25, 0.3) is 0 Å². The van der Waals surface area contributed by atoms with Crippen molar-refractivity contribution in [1.29, 1.82) is 0 Å². The summed E-state index contributed by atoms with van der Waals surface area (Å²) in [7, 11) is 2.14.